The van der Waals surface area contributed by atoms with Gasteiger partial charge in [0.2, 0.25) is 11.9 Å². The van der Waals surface area contributed by atoms with Crippen LogP contribution in [0.15, 0.2) is 6.20 Å². The standard InChI is InChI=1S/C20H29N5O/c26-19(9-14-3-1-2-4-14)24-8-7-18-15(13-24)10-22-20(23-18)25-16-5-6-17(25)12-21-11-16/h10,14,16-17,21H,1-9,11-13H2. The molecule has 6 heteroatoms. The zero-order valence-corrected chi connectivity index (χ0v) is 15.5. The molecule has 2 saturated heterocycles. The van der Waals surface area contributed by atoms with Crippen LogP contribution in [0.25, 0.3) is 0 Å². The molecule has 3 aliphatic heterocycles. The van der Waals surface area contributed by atoms with Gasteiger partial charge in [-0.25, -0.2) is 9.97 Å². The number of carbonyl (C=O) groups is 1. The third-order valence-corrected chi connectivity index (χ3v) is 6.82. The average Bonchev–Trinajstić information content (AvgIpc) is 3.26. The van der Waals surface area contributed by atoms with E-state index in [1.807, 2.05) is 11.1 Å². The molecule has 1 saturated carbocycles. The summed E-state index contributed by atoms with van der Waals surface area (Å²) in [6.45, 7) is 3.58. The lowest BCUT2D eigenvalue weighted by Crippen LogP contribution is -2.52. The minimum absolute atomic E-state index is 0.326. The van der Waals surface area contributed by atoms with Crippen LogP contribution < -0.4 is 10.2 Å². The van der Waals surface area contributed by atoms with E-state index in [1.165, 1.54) is 38.5 Å². The number of anilines is 1. The van der Waals surface area contributed by atoms with Crippen LogP contribution in [0.5, 0.6) is 0 Å². The normalized spacial score (nSPS) is 28.5. The van der Waals surface area contributed by atoms with E-state index in [-0.39, 0.29) is 0 Å². The first-order chi connectivity index (χ1) is 12.8. The van der Waals surface area contributed by atoms with Crippen molar-refractivity contribution in [2.45, 2.75) is 70.0 Å². The Kier molecular flexibility index (Phi) is 4.31. The van der Waals surface area contributed by atoms with Crippen LogP contribution in [0.3, 0.4) is 0 Å². The molecule has 26 heavy (non-hydrogen) atoms. The molecular weight excluding hydrogens is 326 g/mol. The van der Waals surface area contributed by atoms with Gasteiger partial charge < -0.3 is 15.1 Å². The lowest BCUT2D eigenvalue weighted by Gasteiger charge is -2.36. The number of nitrogens with one attached hydrogen (secondary N) is 1. The molecule has 1 amide bonds. The van der Waals surface area contributed by atoms with Crippen LogP contribution in [-0.4, -0.2) is 52.5 Å². The maximum Gasteiger partial charge on any atom is 0.226 e. The molecule has 2 bridgehead atoms. The van der Waals surface area contributed by atoms with Crippen LogP contribution in [0.4, 0.5) is 5.95 Å². The number of hydrogen-bond donors (Lipinski definition) is 1. The van der Waals surface area contributed by atoms with Crippen LogP contribution in [0, 0.1) is 5.92 Å². The predicted octanol–water partition coefficient (Wildman–Crippen LogP) is 1.88. The monoisotopic (exact) mass is 355 g/mol. The second-order valence-corrected chi connectivity index (χ2v) is 8.51. The maximum atomic E-state index is 12.6. The zero-order chi connectivity index (χ0) is 17.5. The Morgan fingerprint density at radius 1 is 1.15 bits per heavy atom. The van der Waals surface area contributed by atoms with E-state index in [0.717, 1.165) is 49.7 Å². The van der Waals surface area contributed by atoms with Crippen LogP contribution >= 0.6 is 0 Å². The summed E-state index contributed by atoms with van der Waals surface area (Å²) in [6.07, 6.45) is 11.1. The minimum atomic E-state index is 0.326. The number of amides is 1. The van der Waals surface area contributed by atoms with Gasteiger partial charge >= 0.3 is 0 Å². The summed E-state index contributed by atoms with van der Waals surface area (Å²) < 4.78 is 0. The first kappa shape index (κ1) is 16.5. The summed E-state index contributed by atoms with van der Waals surface area (Å²) >= 11 is 0. The third kappa shape index (κ3) is 2.98. The van der Waals surface area contributed by atoms with Crippen molar-refractivity contribution in [2.75, 3.05) is 24.5 Å². The zero-order valence-electron chi connectivity index (χ0n) is 15.5. The van der Waals surface area contributed by atoms with Crippen LogP contribution in [-0.2, 0) is 17.8 Å². The van der Waals surface area contributed by atoms with Gasteiger partial charge in [-0.05, 0) is 31.6 Å². The Bertz CT molecular complexity index is 671. The topological polar surface area (TPSA) is 61.4 Å². The number of fused-ring (bicyclic) bond motifs is 3. The van der Waals surface area contributed by atoms with Gasteiger partial charge in [0, 0.05) is 62.9 Å². The van der Waals surface area contributed by atoms with Crippen molar-refractivity contribution >= 4 is 11.9 Å². The van der Waals surface area contributed by atoms with Gasteiger partial charge in [0.25, 0.3) is 0 Å². The number of aromatic nitrogens is 2. The van der Waals surface area contributed by atoms with Gasteiger partial charge in [0.05, 0.1) is 5.69 Å². The summed E-state index contributed by atoms with van der Waals surface area (Å²) in [5.74, 6) is 1.85. The summed E-state index contributed by atoms with van der Waals surface area (Å²) in [7, 11) is 0. The highest BCUT2D eigenvalue weighted by atomic mass is 16.2. The molecule has 4 aliphatic rings. The molecule has 0 spiro atoms. The summed E-state index contributed by atoms with van der Waals surface area (Å²) in [5, 5.41) is 3.52. The first-order valence-electron chi connectivity index (χ1n) is 10.4. The van der Waals surface area contributed by atoms with Gasteiger partial charge in [-0.3, -0.25) is 4.79 Å². The number of hydrogen-bond acceptors (Lipinski definition) is 5. The quantitative estimate of drug-likeness (QED) is 0.897. The van der Waals surface area contributed by atoms with Crippen LogP contribution in [0.1, 0.15) is 56.2 Å². The predicted molar refractivity (Wildman–Crippen MR) is 99.9 cm³/mol. The molecule has 0 radical (unpaired) electrons. The highest BCUT2D eigenvalue weighted by molar-refractivity contribution is 5.76. The summed E-state index contributed by atoms with van der Waals surface area (Å²) in [6, 6.07) is 1.08. The van der Waals surface area contributed by atoms with Crippen LogP contribution in [0.2, 0.25) is 0 Å². The van der Waals surface area contributed by atoms with E-state index in [2.05, 4.69) is 10.2 Å². The number of nitrogens with zero attached hydrogens (tertiary/aromatic N) is 4. The molecule has 4 heterocycles. The lowest BCUT2D eigenvalue weighted by atomic mass is 10.0. The Labute approximate surface area is 155 Å². The molecule has 1 aromatic heterocycles. The molecule has 1 aromatic rings. The van der Waals surface area contributed by atoms with Gasteiger partial charge in [-0.2, -0.15) is 0 Å². The summed E-state index contributed by atoms with van der Waals surface area (Å²) in [5.41, 5.74) is 2.29. The second-order valence-electron chi connectivity index (χ2n) is 8.51. The van der Waals surface area contributed by atoms with E-state index in [9.17, 15) is 4.79 Å². The molecule has 1 N–H and O–H groups in total. The van der Waals surface area contributed by atoms with Crippen molar-refractivity contribution < 1.29 is 4.79 Å². The molecule has 5 rings (SSSR count). The molecule has 1 aliphatic carbocycles. The van der Waals surface area contributed by atoms with E-state index < -0.39 is 0 Å². The fourth-order valence-corrected chi connectivity index (χ4v) is 5.34. The SMILES string of the molecule is O=C(CC1CCCC1)N1CCc2nc(N3C4CCC3CNC4)ncc2C1. The molecular formula is C20H29N5O. The number of piperazine rings is 1. The Morgan fingerprint density at radius 2 is 1.92 bits per heavy atom. The highest BCUT2D eigenvalue weighted by Gasteiger charge is 2.38. The Balaban J connectivity index is 1.28. The number of rotatable bonds is 3. The van der Waals surface area contributed by atoms with Crippen molar-refractivity contribution in [1.82, 2.24) is 20.2 Å². The average molecular weight is 355 g/mol. The van der Waals surface area contributed by atoms with Gasteiger partial charge in [-0.1, -0.05) is 12.8 Å². The van der Waals surface area contributed by atoms with Gasteiger partial charge in [0.1, 0.15) is 0 Å². The van der Waals surface area contributed by atoms with E-state index in [0.29, 0.717) is 30.5 Å². The van der Waals surface area contributed by atoms with E-state index in [4.69, 9.17) is 9.97 Å². The Morgan fingerprint density at radius 3 is 2.69 bits per heavy atom. The molecule has 2 atom stereocenters. The van der Waals surface area contributed by atoms with Crippen molar-refractivity contribution in [2.24, 2.45) is 5.92 Å². The van der Waals surface area contributed by atoms with Crippen molar-refractivity contribution in [3.8, 4) is 0 Å². The smallest absolute Gasteiger partial charge is 0.226 e. The largest absolute Gasteiger partial charge is 0.338 e. The molecule has 140 valence electrons. The van der Waals surface area contributed by atoms with E-state index in [1.54, 1.807) is 0 Å². The minimum Gasteiger partial charge on any atom is -0.338 e. The fraction of sp³-hybridized carbons (Fsp3) is 0.750. The first-order valence-corrected chi connectivity index (χ1v) is 10.4. The molecule has 3 fully saturated rings. The molecule has 0 aromatic carbocycles. The van der Waals surface area contributed by atoms with Gasteiger partial charge in [-0.15, -0.1) is 0 Å². The Hall–Kier alpha value is -1.69. The second kappa shape index (κ2) is 6.80. The molecule has 6 nitrogen and oxygen atoms in total. The molecule has 2 unspecified atom stereocenters. The van der Waals surface area contributed by atoms with E-state index >= 15 is 0 Å². The van der Waals surface area contributed by atoms with Gasteiger partial charge in [0.15, 0.2) is 0 Å². The summed E-state index contributed by atoms with van der Waals surface area (Å²) in [4.78, 5) is 26.7. The van der Waals surface area contributed by atoms with Crippen molar-refractivity contribution in [1.29, 1.82) is 0 Å². The fourth-order valence-electron chi connectivity index (χ4n) is 5.34. The van der Waals surface area contributed by atoms with Crippen molar-refractivity contribution in [3.63, 3.8) is 0 Å². The maximum absolute atomic E-state index is 12.6. The number of carbonyl (C=O) groups excluding carboxylic acids is 1. The van der Waals surface area contributed by atoms with Crippen molar-refractivity contribution in [3.05, 3.63) is 17.5 Å². The highest BCUT2D eigenvalue weighted by Crippen LogP contribution is 2.32. The lowest BCUT2D eigenvalue weighted by molar-refractivity contribution is -0.133. The third-order valence-electron chi connectivity index (χ3n) is 6.82.